The minimum absolute atomic E-state index is 0.202. The van der Waals surface area contributed by atoms with Crippen molar-refractivity contribution < 1.29 is 13.2 Å². The van der Waals surface area contributed by atoms with E-state index in [1.54, 1.807) is 42.9 Å². The van der Waals surface area contributed by atoms with Gasteiger partial charge >= 0.3 is 0 Å². The van der Waals surface area contributed by atoms with Crippen molar-refractivity contribution in [2.24, 2.45) is 7.05 Å². The molecule has 0 fully saturated rings. The van der Waals surface area contributed by atoms with Gasteiger partial charge in [-0.3, -0.25) is 4.79 Å². The molecule has 1 aromatic carbocycles. The Morgan fingerprint density at radius 2 is 1.86 bits per heavy atom. The fraction of sp³-hybridized carbons (Fsp3) is 0.400. The molecule has 2 rings (SSSR count). The van der Waals surface area contributed by atoms with Crippen LogP contribution in [0.3, 0.4) is 0 Å². The molecule has 0 bridgehead atoms. The Bertz CT molecular complexity index is 805. The number of sulfonamides is 1. The minimum Gasteiger partial charge on any atom is -0.354 e. The first kappa shape index (κ1) is 16.5. The van der Waals surface area contributed by atoms with Gasteiger partial charge in [0.25, 0.3) is 5.91 Å². The molecule has 0 radical (unpaired) electrons. The second-order valence-electron chi connectivity index (χ2n) is 4.98. The molecule has 6 nitrogen and oxygen atoms in total. The Morgan fingerprint density at radius 3 is 2.41 bits per heavy atom. The lowest BCUT2D eigenvalue weighted by molar-refractivity contribution is 0.0955. The van der Waals surface area contributed by atoms with Gasteiger partial charge in [0.1, 0.15) is 5.69 Å². The van der Waals surface area contributed by atoms with Crippen molar-refractivity contribution in [3.63, 3.8) is 0 Å². The van der Waals surface area contributed by atoms with Crippen LogP contribution in [0.25, 0.3) is 10.9 Å². The van der Waals surface area contributed by atoms with Crippen LogP contribution in [0.15, 0.2) is 29.2 Å². The van der Waals surface area contributed by atoms with Crippen molar-refractivity contribution in [1.82, 2.24) is 14.2 Å². The second kappa shape index (κ2) is 6.10. The molecule has 1 heterocycles. The van der Waals surface area contributed by atoms with Crippen LogP contribution in [0.4, 0.5) is 0 Å². The Hall–Kier alpha value is -1.86. The maximum atomic E-state index is 12.6. The third-order valence-corrected chi connectivity index (χ3v) is 5.86. The van der Waals surface area contributed by atoms with E-state index < -0.39 is 10.0 Å². The maximum absolute atomic E-state index is 12.6. The number of carbonyl (C=O) groups excluding carboxylic acids is 1. The Labute approximate surface area is 130 Å². The number of nitrogens with zero attached hydrogens (tertiary/aromatic N) is 2. The van der Waals surface area contributed by atoms with Crippen LogP contribution < -0.4 is 5.32 Å². The number of amides is 1. The summed E-state index contributed by atoms with van der Waals surface area (Å²) in [6.45, 7) is 4.47. The van der Waals surface area contributed by atoms with E-state index in [0.717, 1.165) is 10.9 Å². The molecular formula is C15H21N3O3S. The van der Waals surface area contributed by atoms with Crippen LogP contribution in [0, 0.1) is 0 Å². The lowest BCUT2D eigenvalue weighted by atomic mass is 10.2. The second-order valence-corrected chi connectivity index (χ2v) is 6.92. The van der Waals surface area contributed by atoms with E-state index in [0.29, 0.717) is 18.8 Å². The van der Waals surface area contributed by atoms with E-state index in [9.17, 15) is 13.2 Å². The topological polar surface area (TPSA) is 71.4 Å². The number of carbonyl (C=O) groups is 1. The van der Waals surface area contributed by atoms with Crippen molar-refractivity contribution in [2.75, 3.05) is 20.1 Å². The van der Waals surface area contributed by atoms with Gasteiger partial charge in [-0.05, 0) is 24.3 Å². The van der Waals surface area contributed by atoms with Crippen molar-refractivity contribution >= 4 is 26.8 Å². The monoisotopic (exact) mass is 323 g/mol. The Kier molecular flexibility index (Phi) is 4.58. The van der Waals surface area contributed by atoms with Crippen LogP contribution >= 0.6 is 0 Å². The normalized spacial score (nSPS) is 12.0. The summed E-state index contributed by atoms with van der Waals surface area (Å²) in [4.78, 5) is 12.1. The predicted octanol–water partition coefficient (Wildman–Crippen LogP) is 1.57. The lowest BCUT2D eigenvalue weighted by Gasteiger charge is -2.18. The molecule has 0 unspecified atom stereocenters. The molecule has 0 spiro atoms. The molecule has 1 N–H and O–H groups in total. The predicted molar refractivity (Wildman–Crippen MR) is 86.4 cm³/mol. The van der Waals surface area contributed by atoms with Crippen LogP contribution in [0.5, 0.6) is 0 Å². The van der Waals surface area contributed by atoms with E-state index in [-0.39, 0.29) is 10.8 Å². The standard InChI is InChI=1S/C15H21N3O3S/c1-5-18(6-2)22(20,21)12-7-8-13-11(9-12)10-14(17(13)4)15(19)16-3/h7-10H,5-6H2,1-4H3,(H,16,19). The quantitative estimate of drug-likeness (QED) is 0.908. The van der Waals surface area contributed by atoms with E-state index in [2.05, 4.69) is 5.32 Å². The first-order valence-electron chi connectivity index (χ1n) is 7.18. The summed E-state index contributed by atoms with van der Waals surface area (Å²) < 4.78 is 28.3. The van der Waals surface area contributed by atoms with Gasteiger partial charge in [-0.2, -0.15) is 4.31 Å². The molecule has 1 amide bonds. The van der Waals surface area contributed by atoms with Gasteiger partial charge in [0.2, 0.25) is 10.0 Å². The van der Waals surface area contributed by atoms with Gasteiger partial charge in [0.15, 0.2) is 0 Å². The Balaban J connectivity index is 2.59. The summed E-state index contributed by atoms with van der Waals surface area (Å²) in [7, 11) is -0.150. The number of fused-ring (bicyclic) bond motifs is 1. The van der Waals surface area contributed by atoms with Gasteiger partial charge in [0.05, 0.1) is 4.90 Å². The number of benzene rings is 1. The molecule has 7 heteroatoms. The molecule has 22 heavy (non-hydrogen) atoms. The summed E-state index contributed by atoms with van der Waals surface area (Å²) in [5.41, 5.74) is 1.31. The summed E-state index contributed by atoms with van der Waals surface area (Å²) in [5, 5.41) is 3.31. The average molecular weight is 323 g/mol. The van der Waals surface area contributed by atoms with Gasteiger partial charge in [-0.15, -0.1) is 0 Å². The van der Waals surface area contributed by atoms with E-state index in [1.165, 1.54) is 4.31 Å². The third-order valence-electron chi connectivity index (χ3n) is 3.82. The smallest absolute Gasteiger partial charge is 0.267 e. The van der Waals surface area contributed by atoms with Gasteiger partial charge in [-0.1, -0.05) is 13.8 Å². The number of rotatable bonds is 5. The van der Waals surface area contributed by atoms with E-state index in [1.807, 2.05) is 13.8 Å². The largest absolute Gasteiger partial charge is 0.354 e. The van der Waals surface area contributed by atoms with Crippen molar-refractivity contribution in [3.05, 3.63) is 30.0 Å². The van der Waals surface area contributed by atoms with Crippen molar-refractivity contribution in [1.29, 1.82) is 0 Å². The van der Waals surface area contributed by atoms with Crippen LogP contribution in [0.2, 0.25) is 0 Å². The van der Waals surface area contributed by atoms with E-state index >= 15 is 0 Å². The maximum Gasteiger partial charge on any atom is 0.267 e. The summed E-state index contributed by atoms with van der Waals surface area (Å²) in [6, 6.07) is 6.65. The molecular weight excluding hydrogens is 302 g/mol. The zero-order valence-electron chi connectivity index (χ0n) is 13.3. The zero-order valence-corrected chi connectivity index (χ0v) is 14.1. The SMILES string of the molecule is CCN(CC)S(=O)(=O)c1ccc2c(c1)cc(C(=O)NC)n2C. The summed E-state index contributed by atoms with van der Waals surface area (Å²) in [5.74, 6) is -0.202. The van der Waals surface area contributed by atoms with Crippen LogP contribution in [-0.2, 0) is 17.1 Å². The highest BCUT2D eigenvalue weighted by Crippen LogP contribution is 2.24. The van der Waals surface area contributed by atoms with Crippen molar-refractivity contribution in [2.45, 2.75) is 18.7 Å². The first-order valence-corrected chi connectivity index (χ1v) is 8.62. The summed E-state index contributed by atoms with van der Waals surface area (Å²) >= 11 is 0. The highest BCUT2D eigenvalue weighted by atomic mass is 32.2. The molecule has 0 saturated heterocycles. The van der Waals surface area contributed by atoms with Crippen molar-refractivity contribution in [3.8, 4) is 0 Å². The molecule has 0 aliphatic rings. The fourth-order valence-corrected chi connectivity index (χ4v) is 4.04. The number of aromatic nitrogens is 1. The molecule has 1 aromatic heterocycles. The third kappa shape index (κ3) is 2.62. The molecule has 0 atom stereocenters. The first-order chi connectivity index (χ1) is 10.4. The highest BCUT2D eigenvalue weighted by Gasteiger charge is 2.22. The van der Waals surface area contributed by atoms with Gasteiger partial charge in [0, 0.05) is 38.1 Å². The molecule has 0 saturated carbocycles. The minimum atomic E-state index is -3.50. The number of hydrogen-bond donors (Lipinski definition) is 1. The van der Waals surface area contributed by atoms with Crippen LogP contribution in [0.1, 0.15) is 24.3 Å². The molecule has 120 valence electrons. The molecule has 2 aromatic rings. The number of aryl methyl sites for hydroxylation is 1. The van der Waals surface area contributed by atoms with Gasteiger partial charge in [-0.25, -0.2) is 8.42 Å². The Morgan fingerprint density at radius 1 is 1.23 bits per heavy atom. The lowest BCUT2D eigenvalue weighted by Crippen LogP contribution is -2.30. The van der Waals surface area contributed by atoms with Gasteiger partial charge < -0.3 is 9.88 Å². The summed E-state index contributed by atoms with van der Waals surface area (Å²) in [6.07, 6.45) is 0. The average Bonchev–Trinajstić information content (AvgIpc) is 2.84. The van der Waals surface area contributed by atoms with Crippen LogP contribution in [-0.4, -0.2) is 43.3 Å². The highest BCUT2D eigenvalue weighted by molar-refractivity contribution is 7.89. The van der Waals surface area contributed by atoms with E-state index in [4.69, 9.17) is 0 Å². The number of nitrogens with one attached hydrogen (secondary N) is 1. The fourth-order valence-electron chi connectivity index (χ4n) is 2.55. The zero-order chi connectivity index (χ0) is 16.5. The molecule has 0 aliphatic heterocycles. The molecule has 0 aliphatic carbocycles. The number of hydrogen-bond acceptors (Lipinski definition) is 3.